The number of aliphatic hydroxyl groups is 1. The van der Waals surface area contributed by atoms with Crippen molar-refractivity contribution in [2.45, 2.75) is 70.6 Å². The van der Waals surface area contributed by atoms with Gasteiger partial charge in [-0.1, -0.05) is 26.2 Å². The van der Waals surface area contributed by atoms with Gasteiger partial charge in [0.05, 0.1) is 12.2 Å². The van der Waals surface area contributed by atoms with E-state index >= 15 is 0 Å². The van der Waals surface area contributed by atoms with Crippen LogP contribution in [0.25, 0.3) is 0 Å². The van der Waals surface area contributed by atoms with E-state index in [1.54, 1.807) is 14.0 Å². The quantitative estimate of drug-likeness (QED) is 0.668. The molecule has 0 aromatic carbocycles. The van der Waals surface area contributed by atoms with Gasteiger partial charge >= 0.3 is 0 Å². The van der Waals surface area contributed by atoms with E-state index in [9.17, 15) is 0 Å². The molecule has 0 amide bonds. The van der Waals surface area contributed by atoms with Gasteiger partial charge in [-0.25, -0.2) is 0 Å². The molecule has 4 nitrogen and oxygen atoms in total. The molecule has 1 saturated heterocycles. The van der Waals surface area contributed by atoms with E-state index in [1.165, 1.54) is 12.8 Å². The van der Waals surface area contributed by atoms with Crippen LogP contribution in [-0.2, 0) is 14.2 Å². The van der Waals surface area contributed by atoms with Gasteiger partial charge in [-0.15, -0.1) is 0 Å². The lowest BCUT2D eigenvalue weighted by molar-refractivity contribution is -0.318. The fraction of sp³-hybridized carbons (Fsp3) is 1.00. The number of ether oxygens (including phenoxy) is 3. The van der Waals surface area contributed by atoms with E-state index in [2.05, 4.69) is 6.92 Å². The maximum absolute atomic E-state index is 8.89. The van der Waals surface area contributed by atoms with E-state index in [0.29, 0.717) is 0 Å². The number of rotatable bonds is 8. The third kappa shape index (κ3) is 4.54. The summed E-state index contributed by atoms with van der Waals surface area (Å²) in [6.45, 7) is 4.19. The van der Waals surface area contributed by atoms with E-state index in [0.717, 1.165) is 25.7 Å². The van der Waals surface area contributed by atoms with Crippen LogP contribution in [0.5, 0.6) is 0 Å². The molecule has 0 aliphatic carbocycles. The van der Waals surface area contributed by atoms with E-state index in [1.807, 2.05) is 0 Å². The molecule has 102 valence electrons. The Hall–Kier alpha value is -0.160. The number of unbranched alkanes of at least 4 members (excludes halogenated alkanes) is 2. The zero-order valence-electron chi connectivity index (χ0n) is 11.3. The van der Waals surface area contributed by atoms with Crippen LogP contribution < -0.4 is 0 Å². The Kier molecular flexibility index (Phi) is 6.41. The Balaban J connectivity index is 2.45. The number of hydrogen-bond acceptors (Lipinski definition) is 4. The highest BCUT2D eigenvalue weighted by molar-refractivity contribution is 4.79. The molecule has 1 heterocycles. The first-order chi connectivity index (χ1) is 8.15. The predicted octanol–water partition coefficient (Wildman–Crippen LogP) is 2.44. The summed E-state index contributed by atoms with van der Waals surface area (Å²) < 4.78 is 16.9. The number of hydrogen-bond donors (Lipinski definition) is 1. The van der Waals surface area contributed by atoms with Crippen LogP contribution in [0.4, 0.5) is 0 Å². The summed E-state index contributed by atoms with van der Waals surface area (Å²) in [6, 6.07) is 0. The predicted molar refractivity (Wildman–Crippen MR) is 65.6 cm³/mol. The van der Waals surface area contributed by atoms with Crippen molar-refractivity contribution in [3.63, 3.8) is 0 Å². The van der Waals surface area contributed by atoms with Crippen molar-refractivity contribution in [1.29, 1.82) is 0 Å². The van der Waals surface area contributed by atoms with Gasteiger partial charge < -0.3 is 19.3 Å². The van der Waals surface area contributed by atoms with Crippen LogP contribution in [0.1, 0.15) is 52.4 Å². The first-order valence-electron chi connectivity index (χ1n) is 6.67. The van der Waals surface area contributed by atoms with E-state index in [4.69, 9.17) is 19.3 Å². The second-order valence-corrected chi connectivity index (χ2v) is 4.74. The first kappa shape index (κ1) is 14.9. The van der Waals surface area contributed by atoms with Crippen LogP contribution in [0.15, 0.2) is 0 Å². The Morgan fingerprint density at radius 1 is 1.12 bits per heavy atom. The van der Waals surface area contributed by atoms with Crippen molar-refractivity contribution in [3.05, 3.63) is 0 Å². The zero-order valence-corrected chi connectivity index (χ0v) is 11.3. The molecule has 1 N–H and O–H groups in total. The Labute approximate surface area is 104 Å². The van der Waals surface area contributed by atoms with Gasteiger partial charge in [-0.3, -0.25) is 0 Å². The number of aliphatic hydroxyl groups excluding tert-OH is 1. The maximum atomic E-state index is 8.89. The van der Waals surface area contributed by atoms with Crippen molar-refractivity contribution >= 4 is 0 Å². The van der Waals surface area contributed by atoms with Crippen molar-refractivity contribution in [2.24, 2.45) is 0 Å². The molecule has 1 aliphatic heterocycles. The maximum Gasteiger partial charge on any atom is 0.280 e. The summed E-state index contributed by atoms with van der Waals surface area (Å²) >= 11 is 0. The highest BCUT2D eigenvalue weighted by Crippen LogP contribution is 2.33. The monoisotopic (exact) mass is 246 g/mol. The highest BCUT2D eigenvalue weighted by Gasteiger charge is 2.43. The van der Waals surface area contributed by atoms with E-state index in [-0.39, 0.29) is 18.8 Å². The van der Waals surface area contributed by atoms with Gasteiger partial charge in [0.1, 0.15) is 0 Å². The van der Waals surface area contributed by atoms with Crippen LogP contribution >= 0.6 is 0 Å². The molecular formula is C13H26O4. The Bertz CT molecular complexity index is 210. The molecule has 0 saturated carbocycles. The van der Waals surface area contributed by atoms with Gasteiger partial charge in [-0.05, 0) is 19.3 Å². The van der Waals surface area contributed by atoms with Gasteiger partial charge in [0.25, 0.3) is 5.97 Å². The molecule has 1 aliphatic rings. The molecule has 1 rings (SSSR count). The van der Waals surface area contributed by atoms with Crippen molar-refractivity contribution in [3.8, 4) is 0 Å². The molecule has 0 spiro atoms. The lowest BCUT2D eigenvalue weighted by atomic mass is 10.0. The summed E-state index contributed by atoms with van der Waals surface area (Å²) in [6.07, 6.45) is 6.29. The molecule has 0 aromatic rings. The third-order valence-corrected chi connectivity index (χ3v) is 3.26. The molecule has 1 fully saturated rings. The van der Waals surface area contributed by atoms with Gasteiger partial charge in [0, 0.05) is 20.6 Å². The minimum absolute atomic E-state index is 0.0453. The topological polar surface area (TPSA) is 47.9 Å². The Morgan fingerprint density at radius 2 is 1.71 bits per heavy atom. The first-order valence-corrected chi connectivity index (χ1v) is 6.67. The van der Waals surface area contributed by atoms with Crippen molar-refractivity contribution in [1.82, 2.24) is 0 Å². The van der Waals surface area contributed by atoms with Crippen LogP contribution in [0.3, 0.4) is 0 Å². The average molecular weight is 246 g/mol. The van der Waals surface area contributed by atoms with Crippen LogP contribution in [0.2, 0.25) is 0 Å². The smallest absolute Gasteiger partial charge is 0.280 e. The summed E-state index contributed by atoms with van der Waals surface area (Å²) in [7, 11) is 1.59. The van der Waals surface area contributed by atoms with Crippen molar-refractivity contribution in [2.75, 3.05) is 13.7 Å². The minimum Gasteiger partial charge on any atom is -0.396 e. The van der Waals surface area contributed by atoms with Gasteiger partial charge in [0.2, 0.25) is 0 Å². The second-order valence-electron chi connectivity index (χ2n) is 4.74. The molecule has 0 radical (unpaired) electrons. The Morgan fingerprint density at radius 3 is 2.18 bits per heavy atom. The van der Waals surface area contributed by atoms with Gasteiger partial charge in [-0.2, -0.15) is 0 Å². The molecular weight excluding hydrogens is 220 g/mol. The number of methoxy groups -OCH3 is 1. The van der Waals surface area contributed by atoms with E-state index < -0.39 is 5.97 Å². The largest absolute Gasteiger partial charge is 0.396 e. The lowest BCUT2D eigenvalue weighted by Crippen LogP contribution is -2.29. The third-order valence-electron chi connectivity index (χ3n) is 3.26. The highest BCUT2D eigenvalue weighted by atomic mass is 16.9. The molecule has 1 unspecified atom stereocenters. The molecule has 17 heavy (non-hydrogen) atoms. The van der Waals surface area contributed by atoms with Crippen molar-refractivity contribution < 1.29 is 19.3 Å². The average Bonchev–Trinajstić information content (AvgIpc) is 2.65. The SMILES string of the molecule is CCCCC[C@H]1OC(C)(OC)O[C@H]1CCCO. The standard InChI is InChI=1S/C13H26O4/c1-4-5-6-8-11-12(9-7-10-14)17-13(2,15-3)16-11/h11-12,14H,4-10H2,1-3H3/t11-,12+,13?/m1/s1. The van der Waals surface area contributed by atoms with Crippen LogP contribution in [0, 0.1) is 0 Å². The normalized spacial score (nSPS) is 33.2. The van der Waals surface area contributed by atoms with Crippen LogP contribution in [-0.4, -0.2) is 37.0 Å². The fourth-order valence-electron chi connectivity index (χ4n) is 2.20. The zero-order chi connectivity index (χ0) is 12.7. The van der Waals surface area contributed by atoms with Gasteiger partial charge in [0.15, 0.2) is 0 Å². The minimum atomic E-state index is -0.906. The fourth-order valence-corrected chi connectivity index (χ4v) is 2.20. The summed E-state index contributed by atoms with van der Waals surface area (Å²) in [5.74, 6) is -0.906. The lowest BCUT2D eigenvalue weighted by Gasteiger charge is -2.20. The molecule has 4 heteroatoms. The molecule has 3 atom stereocenters. The summed E-state index contributed by atoms with van der Waals surface area (Å²) in [5, 5.41) is 8.89. The summed E-state index contributed by atoms with van der Waals surface area (Å²) in [4.78, 5) is 0. The molecule has 0 aromatic heterocycles. The summed E-state index contributed by atoms with van der Waals surface area (Å²) in [5.41, 5.74) is 0. The molecule has 0 bridgehead atoms. The second kappa shape index (κ2) is 7.31.